The van der Waals surface area contributed by atoms with Gasteiger partial charge in [0.05, 0.1) is 5.60 Å². The topological polar surface area (TPSA) is 40.5 Å². The lowest BCUT2D eigenvalue weighted by Gasteiger charge is -2.59. The SMILES string of the molecule is CCC1(O)CC[C@@]2(C)C(=CC[C@H]3[C@@H]4CC[C@H]([C@H](C)[C@@H](O)C(F)(F)F)[C@@]4(C)CC[C@@H]32)C1. The monoisotopic (exact) mass is 428 g/mol. The van der Waals surface area contributed by atoms with Gasteiger partial charge in [-0.15, -0.1) is 0 Å². The first-order chi connectivity index (χ1) is 13.9. The number of rotatable bonds is 3. The van der Waals surface area contributed by atoms with Crippen LogP contribution in [0.5, 0.6) is 0 Å². The van der Waals surface area contributed by atoms with Crippen molar-refractivity contribution in [3.63, 3.8) is 0 Å². The molecule has 3 fully saturated rings. The van der Waals surface area contributed by atoms with Gasteiger partial charge in [0.1, 0.15) is 0 Å². The molecule has 0 aromatic rings. The highest BCUT2D eigenvalue weighted by molar-refractivity contribution is 5.27. The maximum atomic E-state index is 13.2. The molecule has 0 bridgehead atoms. The van der Waals surface area contributed by atoms with Crippen LogP contribution >= 0.6 is 0 Å². The third kappa shape index (κ3) is 3.29. The van der Waals surface area contributed by atoms with Crippen molar-refractivity contribution in [2.75, 3.05) is 0 Å². The maximum Gasteiger partial charge on any atom is 0.414 e. The Bertz CT molecular complexity index is 703. The second kappa shape index (κ2) is 7.23. The van der Waals surface area contributed by atoms with Crippen molar-refractivity contribution in [2.45, 2.75) is 103 Å². The van der Waals surface area contributed by atoms with Gasteiger partial charge in [-0.3, -0.25) is 0 Å². The van der Waals surface area contributed by atoms with Gasteiger partial charge in [-0.05, 0) is 98.2 Å². The fourth-order valence-corrected chi connectivity index (χ4v) is 8.44. The number of hydrogen-bond acceptors (Lipinski definition) is 2. The van der Waals surface area contributed by atoms with Crippen LogP contribution in [0.2, 0.25) is 0 Å². The molecule has 9 atom stereocenters. The summed E-state index contributed by atoms with van der Waals surface area (Å²) in [6.45, 7) is 8.27. The summed E-state index contributed by atoms with van der Waals surface area (Å²) in [6, 6.07) is 0. The summed E-state index contributed by atoms with van der Waals surface area (Å²) in [4.78, 5) is 0. The minimum atomic E-state index is -4.54. The smallest absolute Gasteiger partial charge is 0.390 e. The molecule has 4 aliphatic rings. The summed E-state index contributed by atoms with van der Waals surface area (Å²) in [6.07, 6.45) is 3.83. The van der Waals surface area contributed by atoms with Crippen molar-refractivity contribution < 1.29 is 23.4 Å². The van der Waals surface area contributed by atoms with Crippen molar-refractivity contribution in [3.05, 3.63) is 11.6 Å². The van der Waals surface area contributed by atoms with Crippen LogP contribution in [0.1, 0.15) is 85.5 Å². The summed E-state index contributed by atoms with van der Waals surface area (Å²) in [5, 5.41) is 20.8. The van der Waals surface area contributed by atoms with Gasteiger partial charge < -0.3 is 10.2 Å². The lowest BCUT2D eigenvalue weighted by molar-refractivity contribution is -0.227. The summed E-state index contributed by atoms with van der Waals surface area (Å²) >= 11 is 0. The molecule has 4 rings (SSSR count). The van der Waals surface area contributed by atoms with Crippen LogP contribution in [-0.4, -0.2) is 28.1 Å². The van der Waals surface area contributed by atoms with Crippen LogP contribution in [0.3, 0.4) is 0 Å². The van der Waals surface area contributed by atoms with Crippen molar-refractivity contribution >= 4 is 0 Å². The molecule has 4 aliphatic carbocycles. The third-order valence-electron chi connectivity index (χ3n) is 10.5. The Hall–Kier alpha value is -0.550. The number of alkyl halides is 3. The van der Waals surface area contributed by atoms with Crippen molar-refractivity contribution in [1.82, 2.24) is 0 Å². The van der Waals surface area contributed by atoms with Crippen molar-refractivity contribution in [2.24, 2.45) is 40.4 Å². The van der Waals surface area contributed by atoms with Crippen molar-refractivity contribution in [3.8, 4) is 0 Å². The van der Waals surface area contributed by atoms with Gasteiger partial charge in [-0.2, -0.15) is 13.2 Å². The number of halogens is 3. The molecule has 2 nitrogen and oxygen atoms in total. The molecule has 0 aromatic heterocycles. The molecule has 2 N–H and O–H groups in total. The molecular weight excluding hydrogens is 389 g/mol. The van der Waals surface area contributed by atoms with Gasteiger partial charge in [0.2, 0.25) is 0 Å². The average molecular weight is 429 g/mol. The Morgan fingerprint density at radius 1 is 1.10 bits per heavy atom. The molecule has 5 heteroatoms. The van der Waals surface area contributed by atoms with E-state index in [1.807, 2.05) is 0 Å². The quantitative estimate of drug-likeness (QED) is 0.521. The fourth-order valence-electron chi connectivity index (χ4n) is 8.44. The van der Waals surface area contributed by atoms with E-state index in [1.54, 1.807) is 6.92 Å². The number of hydrogen-bond donors (Lipinski definition) is 2. The van der Waals surface area contributed by atoms with Gasteiger partial charge in [0.15, 0.2) is 6.10 Å². The minimum absolute atomic E-state index is 0.0743. The highest BCUT2D eigenvalue weighted by Gasteiger charge is 2.61. The lowest BCUT2D eigenvalue weighted by Crippen LogP contribution is -2.53. The number of aliphatic hydroxyl groups is 2. The first-order valence-corrected chi connectivity index (χ1v) is 12.0. The van der Waals surface area contributed by atoms with Crippen LogP contribution in [0.4, 0.5) is 13.2 Å². The third-order valence-corrected chi connectivity index (χ3v) is 10.5. The van der Waals surface area contributed by atoms with E-state index in [1.165, 1.54) is 5.57 Å². The average Bonchev–Trinajstić information content (AvgIpc) is 3.04. The van der Waals surface area contributed by atoms with Crippen LogP contribution in [0.25, 0.3) is 0 Å². The normalized spacial score (nSPS) is 48.2. The van der Waals surface area contributed by atoms with E-state index in [9.17, 15) is 23.4 Å². The Balaban J connectivity index is 1.58. The molecule has 0 spiro atoms. The van der Waals surface area contributed by atoms with Gasteiger partial charge in [0.25, 0.3) is 0 Å². The van der Waals surface area contributed by atoms with E-state index in [-0.39, 0.29) is 16.7 Å². The molecule has 0 aromatic carbocycles. The van der Waals surface area contributed by atoms with Crippen LogP contribution in [0.15, 0.2) is 11.6 Å². The molecule has 0 aliphatic heterocycles. The van der Waals surface area contributed by atoms with E-state index in [0.29, 0.717) is 17.8 Å². The van der Waals surface area contributed by atoms with E-state index < -0.39 is 23.8 Å². The summed E-state index contributed by atoms with van der Waals surface area (Å²) in [5.74, 6) is 0.695. The molecule has 0 saturated heterocycles. The van der Waals surface area contributed by atoms with Crippen LogP contribution < -0.4 is 0 Å². The first-order valence-electron chi connectivity index (χ1n) is 12.0. The highest BCUT2D eigenvalue weighted by atomic mass is 19.4. The van der Waals surface area contributed by atoms with E-state index in [2.05, 4.69) is 26.8 Å². The number of allylic oxidation sites excluding steroid dienone is 1. The largest absolute Gasteiger partial charge is 0.414 e. The number of fused-ring (bicyclic) bond motifs is 5. The molecule has 172 valence electrons. The van der Waals surface area contributed by atoms with Gasteiger partial charge in [0, 0.05) is 0 Å². The molecule has 0 amide bonds. The standard InChI is InChI=1S/C25H39F3O2/c1-5-24(30)13-12-22(3)16(14-24)6-7-17-19-9-8-18(15(2)21(29)25(26,27)28)23(19,4)11-10-20(17)22/h6,15,17-21,29-30H,5,7-14H2,1-4H3/t15-,17-,18+,19-,20-,21+,22-,23+,24?/m0/s1. The molecule has 1 unspecified atom stereocenters. The van der Waals surface area contributed by atoms with Crippen molar-refractivity contribution in [1.29, 1.82) is 0 Å². The predicted octanol–water partition coefficient (Wildman–Crippen LogP) is 6.27. The van der Waals surface area contributed by atoms with Gasteiger partial charge >= 0.3 is 6.18 Å². The fraction of sp³-hybridized carbons (Fsp3) is 0.920. The zero-order chi connectivity index (χ0) is 22.1. The van der Waals surface area contributed by atoms with Crippen LogP contribution in [-0.2, 0) is 0 Å². The molecular formula is C25H39F3O2. The minimum Gasteiger partial charge on any atom is -0.390 e. The second-order valence-electron chi connectivity index (χ2n) is 11.6. The summed E-state index contributed by atoms with van der Waals surface area (Å²) < 4.78 is 39.7. The molecule has 30 heavy (non-hydrogen) atoms. The van der Waals surface area contributed by atoms with E-state index >= 15 is 0 Å². The first kappa shape index (κ1) is 22.6. The van der Waals surface area contributed by atoms with Gasteiger partial charge in [-0.1, -0.05) is 39.3 Å². The zero-order valence-corrected chi connectivity index (χ0v) is 18.9. The van der Waals surface area contributed by atoms with Gasteiger partial charge in [-0.25, -0.2) is 0 Å². The Kier molecular flexibility index (Phi) is 5.46. The lowest BCUT2D eigenvalue weighted by atomic mass is 9.46. The second-order valence-corrected chi connectivity index (χ2v) is 11.6. The van der Waals surface area contributed by atoms with E-state index in [4.69, 9.17) is 0 Å². The zero-order valence-electron chi connectivity index (χ0n) is 18.9. The molecule has 3 saturated carbocycles. The maximum absolute atomic E-state index is 13.2. The molecule has 0 radical (unpaired) electrons. The summed E-state index contributed by atoms with van der Waals surface area (Å²) in [7, 11) is 0. The highest BCUT2D eigenvalue weighted by Crippen LogP contribution is 2.68. The van der Waals surface area contributed by atoms with E-state index in [0.717, 1.165) is 57.8 Å². The molecule has 0 heterocycles. The Morgan fingerprint density at radius 3 is 2.43 bits per heavy atom. The predicted molar refractivity (Wildman–Crippen MR) is 112 cm³/mol. The summed E-state index contributed by atoms with van der Waals surface area (Å²) in [5.41, 5.74) is 0.871. The Labute approximate surface area is 179 Å². The number of aliphatic hydroxyl groups excluding tert-OH is 1. The Morgan fingerprint density at radius 2 is 1.80 bits per heavy atom. The van der Waals surface area contributed by atoms with Crippen LogP contribution in [0, 0.1) is 40.4 Å².